The summed E-state index contributed by atoms with van der Waals surface area (Å²) in [4.78, 5) is 0. The molecule has 0 spiro atoms. The van der Waals surface area contributed by atoms with Gasteiger partial charge in [-0.3, -0.25) is 0 Å². The Morgan fingerprint density at radius 2 is 2.08 bits per heavy atom. The molecule has 2 N–H and O–H groups in total. The quantitative estimate of drug-likeness (QED) is 0.546. The van der Waals surface area contributed by atoms with Crippen LogP contribution in [0.2, 0.25) is 0 Å². The van der Waals surface area contributed by atoms with Crippen LogP contribution in [0.4, 0.5) is 0 Å². The zero-order valence-corrected chi connectivity index (χ0v) is 8.15. The molecule has 1 aliphatic carbocycles. The first-order valence-corrected chi connectivity index (χ1v) is 4.42. The Labute approximate surface area is 75.3 Å². The Morgan fingerprint density at radius 3 is 2.58 bits per heavy atom. The molecular weight excluding hydrogens is 146 g/mol. The molecule has 0 fully saturated rings. The van der Waals surface area contributed by atoms with Gasteiger partial charge < -0.3 is 5.73 Å². The standard InChI is InChI=1S/C9H11N.C2H6/c1-2-4-8-5-3-6-9(10)7-8;1-2/h6-7H,3,5,10H2,1H3;1-2H3. The highest BCUT2D eigenvalue weighted by molar-refractivity contribution is 5.37. The molecule has 0 saturated heterocycles. The van der Waals surface area contributed by atoms with E-state index in [1.165, 1.54) is 0 Å². The molecule has 0 radical (unpaired) electrons. The Morgan fingerprint density at radius 1 is 1.42 bits per heavy atom. The summed E-state index contributed by atoms with van der Waals surface area (Å²) >= 11 is 0. The van der Waals surface area contributed by atoms with Crippen molar-refractivity contribution >= 4 is 0 Å². The van der Waals surface area contributed by atoms with Crippen LogP contribution in [-0.4, -0.2) is 0 Å². The molecule has 0 aromatic carbocycles. The van der Waals surface area contributed by atoms with Crippen molar-refractivity contribution in [2.24, 2.45) is 5.73 Å². The van der Waals surface area contributed by atoms with Gasteiger partial charge in [0.15, 0.2) is 0 Å². The number of hydrogen-bond donors (Lipinski definition) is 1. The van der Waals surface area contributed by atoms with Crippen LogP contribution >= 0.6 is 0 Å². The molecule has 0 aliphatic heterocycles. The third-order valence-electron chi connectivity index (χ3n) is 1.42. The molecule has 0 aromatic heterocycles. The Balaban J connectivity index is 0.000000561. The fourth-order valence-electron chi connectivity index (χ4n) is 0.986. The van der Waals surface area contributed by atoms with Gasteiger partial charge in [-0.1, -0.05) is 25.8 Å². The third kappa shape index (κ3) is 3.88. The van der Waals surface area contributed by atoms with Crippen LogP contribution < -0.4 is 5.73 Å². The van der Waals surface area contributed by atoms with Crippen molar-refractivity contribution in [3.05, 3.63) is 23.4 Å². The molecule has 0 aromatic rings. The number of allylic oxidation sites excluding steroid dienone is 3. The van der Waals surface area contributed by atoms with Gasteiger partial charge in [0.05, 0.1) is 0 Å². The third-order valence-corrected chi connectivity index (χ3v) is 1.42. The van der Waals surface area contributed by atoms with E-state index in [9.17, 15) is 0 Å². The minimum Gasteiger partial charge on any atom is -0.399 e. The molecule has 0 bridgehead atoms. The first kappa shape index (κ1) is 10.8. The lowest BCUT2D eigenvalue weighted by atomic mass is 10.0. The van der Waals surface area contributed by atoms with Gasteiger partial charge in [0, 0.05) is 11.3 Å². The fraction of sp³-hybridized carbons (Fsp3) is 0.455. The van der Waals surface area contributed by atoms with Gasteiger partial charge in [0.1, 0.15) is 0 Å². The topological polar surface area (TPSA) is 26.0 Å². The number of nitrogens with two attached hydrogens (primary N) is 1. The smallest absolute Gasteiger partial charge is 0.0282 e. The van der Waals surface area contributed by atoms with Crippen molar-refractivity contribution in [1.82, 2.24) is 0 Å². The van der Waals surface area contributed by atoms with Crippen LogP contribution in [-0.2, 0) is 0 Å². The molecule has 0 amide bonds. The second kappa shape index (κ2) is 6.54. The summed E-state index contributed by atoms with van der Waals surface area (Å²) in [7, 11) is 0. The molecule has 1 rings (SSSR count). The molecule has 12 heavy (non-hydrogen) atoms. The summed E-state index contributed by atoms with van der Waals surface area (Å²) in [5.41, 5.74) is 7.58. The predicted octanol–water partition coefficient (Wildman–Crippen LogP) is 2.60. The highest BCUT2D eigenvalue weighted by atomic mass is 14.6. The van der Waals surface area contributed by atoms with Gasteiger partial charge in [-0.15, -0.1) is 5.92 Å². The normalized spacial score (nSPS) is 14.2. The van der Waals surface area contributed by atoms with Crippen LogP contribution in [0.15, 0.2) is 23.4 Å². The minimum atomic E-state index is 0.851. The highest BCUT2D eigenvalue weighted by Crippen LogP contribution is 2.12. The maximum absolute atomic E-state index is 5.57. The lowest BCUT2D eigenvalue weighted by molar-refractivity contribution is 0.976. The summed E-state index contributed by atoms with van der Waals surface area (Å²) in [6.45, 7) is 5.84. The van der Waals surface area contributed by atoms with E-state index in [1.54, 1.807) is 0 Å². The van der Waals surface area contributed by atoms with E-state index < -0.39 is 0 Å². The van der Waals surface area contributed by atoms with E-state index in [2.05, 4.69) is 11.8 Å². The zero-order valence-electron chi connectivity index (χ0n) is 8.15. The van der Waals surface area contributed by atoms with Gasteiger partial charge in [-0.2, -0.15) is 0 Å². The first-order chi connectivity index (χ1) is 5.83. The van der Waals surface area contributed by atoms with Crippen molar-refractivity contribution in [1.29, 1.82) is 0 Å². The number of hydrogen-bond acceptors (Lipinski definition) is 1. The van der Waals surface area contributed by atoms with E-state index >= 15 is 0 Å². The number of rotatable bonds is 0. The first-order valence-electron chi connectivity index (χ1n) is 4.42. The van der Waals surface area contributed by atoms with Crippen molar-refractivity contribution < 1.29 is 0 Å². The zero-order chi connectivity index (χ0) is 9.40. The fourth-order valence-corrected chi connectivity index (χ4v) is 0.986. The molecular formula is C11H17N. The summed E-state index contributed by atoms with van der Waals surface area (Å²) in [6.07, 6.45) is 6.05. The van der Waals surface area contributed by atoms with Crippen molar-refractivity contribution in [2.45, 2.75) is 33.6 Å². The molecule has 1 heteroatoms. The van der Waals surface area contributed by atoms with Crippen LogP contribution in [0.3, 0.4) is 0 Å². The van der Waals surface area contributed by atoms with E-state index in [0.717, 1.165) is 24.1 Å². The van der Waals surface area contributed by atoms with E-state index in [1.807, 2.05) is 32.9 Å². The maximum atomic E-state index is 5.57. The van der Waals surface area contributed by atoms with Gasteiger partial charge in [0.2, 0.25) is 0 Å². The second-order valence-electron chi connectivity index (χ2n) is 2.29. The molecule has 0 saturated carbocycles. The molecule has 1 nitrogen and oxygen atoms in total. The van der Waals surface area contributed by atoms with E-state index in [0.29, 0.717) is 0 Å². The Bertz CT molecular complexity index is 235. The van der Waals surface area contributed by atoms with Crippen LogP contribution in [0, 0.1) is 11.8 Å². The molecule has 66 valence electrons. The monoisotopic (exact) mass is 163 g/mol. The Kier molecular flexibility index (Phi) is 5.91. The van der Waals surface area contributed by atoms with Gasteiger partial charge >= 0.3 is 0 Å². The minimum absolute atomic E-state index is 0.851. The molecule has 0 unspecified atom stereocenters. The predicted molar refractivity (Wildman–Crippen MR) is 54.4 cm³/mol. The lowest BCUT2D eigenvalue weighted by Gasteiger charge is -2.04. The molecule has 0 heterocycles. The highest BCUT2D eigenvalue weighted by Gasteiger charge is 1.98. The largest absolute Gasteiger partial charge is 0.399 e. The average molecular weight is 163 g/mol. The summed E-state index contributed by atoms with van der Waals surface area (Å²) in [5.74, 6) is 5.86. The summed E-state index contributed by atoms with van der Waals surface area (Å²) in [6, 6.07) is 0. The van der Waals surface area contributed by atoms with Gasteiger partial charge in [0.25, 0.3) is 0 Å². The van der Waals surface area contributed by atoms with E-state index in [-0.39, 0.29) is 0 Å². The summed E-state index contributed by atoms with van der Waals surface area (Å²) in [5, 5.41) is 0. The molecule has 1 aliphatic rings. The van der Waals surface area contributed by atoms with Crippen LogP contribution in [0.5, 0.6) is 0 Å². The van der Waals surface area contributed by atoms with Crippen molar-refractivity contribution in [3.8, 4) is 11.8 Å². The Hall–Kier alpha value is -1.16. The maximum Gasteiger partial charge on any atom is 0.0282 e. The lowest BCUT2D eigenvalue weighted by Crippen LogP contribution is -1.98. The molecule has 0 atom stereocenters. The van der Waals surface area contributed by atoms with Gasteiger partial charge in [-0.25, -0.2) is 0 Å². The van der Waals surface area contributed by atoms with E-state index in [4.69, 9.17) is 5.73 Å². The average Bonchev–Trinajstić information content (AvgIpc) is 2.09. The summed E-state index contributed by atoms with van der Waals surface area (Å²) < 4.78 is 0. The van der Waals surface area contributed by atoms with Crippen molar-refractivity contribution in [3.63, 3.8) is 0 Å². The second-order valence-corrected chi connectivity index (χ2v) is 2.29. The SMILES string of the molecule is CC.CC#CC1=CC(N)=CCC1. The van der Waals surface area contributed by atoms with Crippen LogP contribution in [0.1, 0.15) is 33.6 Å². The van der Waals surface area contributed by atoms with Crippen molar-refractivity contribution in [2.75, 3.05) is 0 Å². The van der Waals surface area contributed by atoms with Crippen LogP contribution in [0.25, 0.3) is 0 Å². The van der Waals surface area contributed by atoms with Gasteiger partial charge in [-0.05, 0) is 25.8 Å².